The molecule has 0 bridgehead atoms. The monoisotopic (exact) mass is 233 g/mol. The molecule has 3 nitrogen and oxygen atoms in total. The zero-order valence-electron chi connectivity index (χ0n) is 10.4. The number of hydrogen-bond acceptors (Lipinski definition) is 2. The van der Waals surface area contributed by atoms with E-state index in [4.69, 9.17) is 0 Å². The van der Waals surface area contributed by atoms with Gasteiger partial charge in [-0.1, -0.05) is 32.0 Å². The molecule has 0 spiro atoms. The first kappa shape index (κ1) is 12.0. The zero-order valence-corrected chi connectivity index (χ0v) is 10.4. The Morgan fingerprint density at radius 1 is 1.47 bits per heavy atom. The number of para-hydroxylation sites is 1. The molecule has 0 unspecified atom stereocenters. The van der Waals surface area contributed by atoms with Gasteiger partial charge in [-0.2, -0.15) is 0 Å². The van der Waals surface area contributed by atoms with Crippen LogP contribution in [0.1, 0.15) is 31.7 Å². The number of aliphatic carboxylic acids is 1. The second kappa shape index (κ2) is 4.78. The van der Waals surface area contributed by atoms with E-state index in [1.807, 2.05) is 24.3 Å². The molecule has 3 heteroatoms. The van der Waals surface area contributed by atoms with Crippen LogP contribution in [0.2, 0.25) is 0 Å². The first-order valence-corrected chi connectivity index (χ1v) is 6.16. The Morgan fingerprint density at radius 3 is 2.82 bits per heavy atom. The van der Waals surface area contributed by atoms with Crippen molar-refractivity contribution in [2.24, 2.45) is 5.92 Å². The Balaban J connectivity index is 2.33. The Bertz CT molecular complexity index is 414. The quantitative estimate of drug-likeness (QED) is 0.872. The number of carboxylic acid groups (broad SMARTS) is 1. The van der Waals surface area contributed by atoms with Gasteiger partial charge in [-0.15, -0.1) is 0 Å². The van der Waals surface area contributed by atoms with E-state index >= 15 is 0 Å². The van der Waals surface area contributed by atoms with Crippen LogP contribution in [-0.4, -0.2) is 24.2 Å². The third-order valence-corrected chi connectivity index (χ3v) is 3.22. The fourth-order valence-corrected chi connectivity index (χ4v) is 2.52. The molecule has 0 amide bonds. The van der Waals surface area contributed by atoms with Crippen LogP contribution in [-0.2, 0) is 4.79 Å². The Morgan fingerprint density at radius 2 is 2.18 bits per heavy atom. The van der Waals surface area contributed by atoms with Gasteiger partial charge in [0.1, 0.15) is 0 Å². The second-order valence-corrected chi connectivity index (χ2v) is 5.08. The second-order valence-electron chi connectivity index (χ2n) is 5.08. The number of anilines is 1. The van der Waals surface area contributed by atoms with Gasteiger partial charge in [0.25, 0.3) is 0 Å². The van der Waals surface area contributed by atoms with Gasteiger partial charge in [0.15, 0.2) is 0 Å². The van der Waals surface area contributed by atoms with Crippen molar-refractivity contribution >= 4 is 11.7 Å². The SMILES string of the molecule is CC(C)CN1CC[C@@H](C(=O)O)c2ccccc21. The molecule has 92 valence electrons. The standard InChI is InChI=1S/C14H19NO2/c1-10(2)9-15-8-7-12(14(16)17)11-5-3-4-6-13(11)15/h3-6,10,12H,7-9H2,1-2H3,(H,16,17)/t12-/m1/s1. The van der Waals surface area contributed by atoms with E-state index in [-0.39, 0.29) is 5.92 Å². The third kappa shape index (κ3) is 2.43. The minimum absolute atomic E-state index is 0.338. The normalized spacial score (nSPS) is 19.2. The highest BCUT2D eigenvalue weighted by Crippen LogP contribution is 2.35. The van der Waals surface area contributed by atoms with Crippen molar-refractivity contribution in [3.8, 4) is 0 Å². The van der Waals surface area contributed by atoms with Crippen LogP contribution in [0.4, 0.5) is 5.69 Å². The van der Waals surface area contributed by atoms with Gasteiger partial charge < -0.3 is 10.0 Å². The van der Waals surface area contributed by atoms with Gasteiger partial charge in [-0.3, -0.25) is 4.79 Å². The van der Waals surface area contributed by atoms with E-state index in [1.165, 1.54) is 0 Å². The molecule has 1 aliphatic rings. The average Bonchev–Trinajstić information content (AvgIpc) is 2.28. The summed E-state index contributed by atoms with van der Waals surface area (Å²) in [5.41, 5.74) is 2.06. The molecular formula is C14H19NO2. The van der Waals surface area contributed by atoms with Crippen LogP contribution in [0.5, 0.6) is 0 Å². The number of carbonyl (C=O) groups is 1. The van der Waals surface area contributed by atoms with Crippen LogP contribution in [0.15, 0.2) is 24.3 Å². The highest BCUT2D eigenvalue weighted by Gasteiger charge is 2.29. The van der Waals surface area contributed by atoms with Crippen molar-refractivity contribution in [3.05, 3.63) is 29.8 Å². The molecule has 1 aromatic carbocycles. The van der Waals surface area contributed by atoms with E-state index in [1.54, 1.807) is 0 Å². The molecular weight excluding hydrogens is 214 g/mol. The Labute approximate surface area is 102 Å². The van der Waals surface area contributed by atoms with Gasteiger partial charge in [0, 0.05) is 18.8 Å². The van der Waals surface area contributed by atoms with E-state index in [2.05, 4.69) is 18.7 Å². The van der Waals surface area contributed by atoms with Crippen molar-refractivity contribution in [1.82, 2.24) is 0 Å². The summed E-state index contributed by atoms with van der Waals surface area (Å²) in [4.78, 5) is 13.5. The third-order valence-electron chi connectivity index (χ3n) is 3.22. The van der Waals surface area contributed by atoms with Gasteiger partial charge >= 0.3 is 5.97 Å². The maximum atomic E-state index is 11.2. The molecule has 17 heavy (non-hydrogen) atoms. The Kier molecular flexibility index (Phi) is 3.36. The summed E-state index contributed by atoms with van der Waals surface area (Å²) in [7, 11) is 0. The zero-order chi connectivity index (χ0) is 12.4. The highest BCUT2D eigenvalue weighted by atomic mass is 16.4. The van der Waals surface area contributed by atoms with E-state index < -0.39 is 5.97 Å². The summed E-state index contributed by atoms with van der Waals surface area (Å²) in [6.07, 6.45) is 0.707. The summed E-state index contributed by atoms with van der Waals surface area (Å²) in [6.45, 7) is 6.20. The average molecular weight is 233 g/mol. The van der Waals surface area contributed by atoms with E-state index in [0.29, 0.717) is 12.3 Å². The van der Waals surface area contributed by atoms with Crippen molar-refractivity contribution in [3.63, 3.8) is 0 Å². The van der Waals surface area contributed by atoms with Gasteiger partial charge in [0.2, 0.25) is 0 Å². The summed E-state index contributed by atoms with van der Waals surface area (Å²) in [5.74, 6) is -0.458. The lowest BCUT2D eigenvalue weighted by atomic mass is 9.89. The molecule has 1 atom stereocenters. The number of carboxylic acids is 1. The minimum Gasteiger partial charge on any atom is -0.481 e. The minimum atomic E-state index is -0.707. The number of fused-ring (bicyclic) bond motifs is 1. The maximum absolute atomic E-state index is 11.2. The highest BCUT2D eigenvalue weighted by molar-refractivity contribution is 5.80. The van der Waals surface area contributed by atoms with Crippen LogP contribution in [0.3, 0.4) is 0 Å². The smallest absolute Gasteiger partial charge is 0.311 e. The largest absolute Gasteiger partial charge is 0.481 e. The number of nitrogens with zero attached hydrogens (tertiary/aromatic N) is 1. The van der Waals surface area contributed by atoms with Gasteiger partial charge in [-0.25, -0.2) is 0 Å². The van der Waals surface area contributed by atoms with Gasteiger partial charge in [-0.05, 0) is 24.0 Å². The molecule has 0 radical (unpaired) electrons. The first-order valence-electron chi connectivity index (χ1n) is 6.16. The predicted octanol–water partition coefficient (Wildman–Crippen LogP) is 2.72. The molecule has 1 aliphatic heterocycles. The molecule has 0 saturated carbocycles. The fraction of sp³-hybridized carbons (Fsp3) is 0.500. The van der Waals surface area contributed by atoms with Crippen LogP contribution < -0.4 is 4.90 Å². The van der Waals surface area contributed by atoms with Crippen LogP contribution >= 0.6 is 0 Å². The predicted molar refractivity (Wildman–Crippen MR) is 68.5 cm³/mol. The van der Waals surface area contributed by atoms with Crippen molar-refractivity contribution < 1.29 is 9.90 Å². The molecule has 0 fully saturated rings. The molecule has 1 aromatic rings. The summed E-state index contributed by atoms with van der Waals surface area (Å²) in [6, 6.07) is 7.89. The molecule has 1 heterocycles. The molecule has 0 saturated heterocycles. The topological polar surface area (TPSA) is 40.5 Å². The molecule has 1 N–H and O–H groups in total. The van der Waals surface area contributed by atoms with E-state index in [9.17, 15) is 9.90 Å². The summed E-state index contributed by atoms with van der Waals surface area (Å²) in [5, 5.41) is 9.23. The maximum Gasteiger partial charge on any atom is 0.311 e. The fourth-order valence-electron chi connectivity index (χ4n) is 2.52. The molecule has 0 aromatic heterocycles. The number of rotatable bonds is 3. The first-order chi connectivity index (χ1) is 8.09. The van der Waals surface area contributed by atoms with Gasteiger partial charge in [0.05, 0.1) is 5.92 Å². The summed E-state index contributed by atoms with van der Waals surface area (Å²) < 4.78 is 0. The van der Waals surface area contributed by atoms with Crippen LogP contribution in [0.25, 0.3) is 0 Å². The van der Waals surface area contributed by atoms with E-state index in [0.717, 1.165) is 24.3 Å². The molecule has 0 aliphatic carbocycles. The lowest BCUT2D eigenvalue weighted by Crippen LogP contribution is -2.35. The lowest BCUT2D eigenvalue weighted by Gasteiger charge is -2.35. The molecule has 2 rings (SSSR count). The van der Waals surface area contributed by atoms with Crippen molar-refractivity contribution in [2.75, 3.05) is 18.0 Å². The van der Waals surface area contributed by atoms with Crippen molar-refractivity contribution in [2.45, 2.75) is 26.2 Å². The number of hydrogen-bond donors (Lipinski definition) is 1. The van der Waals surface area contributed by atoms with Crippen molar-refractivity contribution in [1.29, 1.82) is 0 Å². The number of benzene rings is 1. The Hall–Kier alpha value is -1.51. The lowest BCUT2D eigenvalue weighted by molar-refractivity contribution is -0.139. The summed E-state index contributed by atoms with van der Waals surface area (Å²) >= 11 is 0. The van der Waals surface area contributed by atoms with Crippen LogP contribution in [0, 0.1) is 5.92 Å².